The van der Waals surface area contributed by atoms with Crippen molar-refractivity contribution < 1.29 is 15.0 Å². The van der Waals surface area contributed by atoms with E-state index in [9.17, 15) is 15.0 Å². The summed E-state index contributed by atoms with van der Waals surface area (Å²) in [4.78, 5) is 12.4. The van der Waals surface area contributed by atoms with Gasteiger partial charge in [0, 0.05) is 6.42 Å². The molecule has 2 atom stereocenters. The first-order valence-electron chi connectivity index (χ1n) is 22.5. The van der Waals surface area contributed by atoms with Crippen LogP contribution in [0.4, 0.5) is 0 Å². The van der Waals surface area contributed by atoms with Crippen LogP contribution in [0, 0.1) is 0 Å². The maximum atomic E-state index is 12.4. The summed E-state index contributed by atoms with van der Waals surface area (Å²) in [5.74, 6) is -0.0806. The van der Waals surface area contributed by atoms with Crippen molar-refractivity contribution in [3.8, 4) is 0 Å². The molecular formula is C48H87NO3. The fourth-order valence-electron chi connectivity index (χ4n) is 6.47. The fourth-order valence-corrected chi connectivity index (χ4v) is 6.47. The normalized spacial score (nSPS) is 13.5. The molecule has 4 nitrogen and oxygen atoms in total. The van der Waals surface area contributed by atoms with E-state index in [-0.39, 0.29) is 12.5 Å². The van der Waals surface area contributed by atoms with Gasteiger partial charge in [-0.25, -0.2) is 0 Å². The first kappa shape index (κ1) is 50.1. The highest BCUT2D eigenvalue weighted by Gasteiger charge is 2.17. The molecule has 0 bridgehead atoms. The zero-order valence-corrected chi connectivity index (χ0v) is 34.6. The van der Waals surface area contributed by atoms with Gasteiger partial charge in [0.15, 0.2) is 0 Å². The SMILES string of the molecule is CCCCCCC/C=C\C/C=C\CCCCCCCCCCCCCCCC(=O)NC(CO)C(O)/C=C/CC/C=C/CC/C=C/CCCCCCC. The molecule has 0 rings (SSSR count). The van der Waals surface area contributed by atoms with Crippen LogP contribution in [0.1, 0.15) is 219 Å². The first-order chi connectivity index (χ1) is 25.7. The van der Waals surface area contributed by atoms with Gasteiger partial charge in [-0.3, -0.25) is 4.79 Å². The molecule has 0 spiro atoms. The van der Waals surface area contributed by atoms with Crippen molar-refractivity contribution in [3.05, 3.63) is 60.8 Å². The van der Waals surface area contributed by atoms with Gasteiger partial charge in [-0.2, -0.15) is 0 Å². The number of carbonyl (C=O) groups is 1. The molecule has 1 amide bonds. The number of amides is 1. The Labute approximate surface area is 324 Å². The molecule has 302 valence electrons. The lowest BCUT2D eigenvalue weighted by Gasteiger charge is -2.19. The van der Waals surface area contributed by atoms with E-state index in [1.807, 2.05) is 6.08 Å². The van der Waals surface area contributed by atoms with Crippen LogP contribution < -0.4 is 5.32 Å². The van der Waals surface area contributed by atoms with Gasteiger partial charge in [0.2, 0.25) is 5.91 Å². The van der Waals surface area contributed by atoms with Gasteiger partial charge >= 0.3 is 0 Å². The molecule has 0 heterocycles. The van der Waals surface area contributed by atoms with Crippen LogP contribution in [0.25, 0.3) is 0 Å². The average Bonchev–Trinajstić information content (AvgIpc) is 3.15. The molecule has 0 fully saturated rings. The van der Waals surface area contributed by atoms with Crippen LogP contribution >= 0.6 is 0 Å². The smallest absolute Gasteiger partial charge is 0.220 e. The zero-order valence-electron chi connectivity index (χ0n) is 34.6. The Bertz CT molecular complexity index is 873. The molecule has 0 aliphatic heterocycles. The van der Waals surface area contributed by atoms with Gasteiger partial charge in [0.05, 0.1) is 18.8 Å². The molecule has 0 radical (unpaired) electrons. The lowest BCUT2D eigenvalue weighted by molar-refractivity contribution is -0.123. The number of carbonyl (C=O) groups excluding carboxylic acids is 1. The summed E-state index contributed by atoms with van der Waals surface area (Å²) < 4.78 is 0. The summed E-state index contributed by atoms with van der Waals surface area (Å²) in [5, 5.41) is 23.0. The topological polar surface area (TPSA) is 69.6 Å². The van der Waals surface area contributed by atoms with Crippen molar-refractivity contribution in [2.24, 2.45) is 0 Å². The molecule has 0 saturated heterocycles. The number of unbranched alkanes of at least 4 members (excludes halogenated alkanes) is 25. The van der Waals surface area contributed by atoms with Gasteiger partial charge in [0.25, 0.3) is 0 Å². The number of hydrogen-bond acceptors (Lipinski definition) is 3. The van der Waals surface area contributed by atoms with Crippen LogP contribution in [0.5, 0.6) is 0 Å². The lowest BCUT2D eigenvalue weighted by atomic mass is 10.0. The second kappa shape index (κ2) is 43.5. The molecule has 0 aromatic carbocycles. The number of allylic oxidation sites excluding steroid dienone is 9. The average molecular weight is 726 g/mol. The van der Waals surface area contributed by atoms with Gasteiger partial charge < -0.3 is 15.5 Å². The molecule has 0 aliphatic rings. The number of rotatable bonds is 40. The van der Waals surface area contributed by atoms with Crippen LogP contribution in [0.3, 0.4) is 0 Å². The summed E-state index contributed by atoms with van der Waals surface area (Å²) in [7, 11) is 0. The van der Waals surface area contributed by atoms with E-state index in [1.54, 1.807) is 6.08 Å². The Hall–Kier alpha value is -1.91. The minimum absolute atomic E-state index is 0.0806. The van der Waals surface area contributed by atoms with Gasteiger partial charge in [-0.15, -0.1) is 0 Å². The third kappa shape index (κ3) is 39.3. The number of hydrogen-bond donors (Lipinski definition) is 3. The predicted molar refractivity (Wildman–Crippen MR) is 230 cm³/mol. The van der Waals surface area contributed by atoms with E-state index in [2.05, 4.69) is 67.8 Å². The van der Waals surface area contributed by atoms with Crippen molar-refractivity contribution in [2.45, 2.75) is 231 Å². The highest BCUT2D eigenvalue weighted by molar-refractivity contribution is 5.76. The third-order valence-electron chi connectivity index (χ3n) is 9.95. The van der Waals surface area contributed by atoms with E-state index in [4.69, 9.17) is 0 Å². The quantitative estimate of drug-likeness (QED) is 0.0435. The van der Waals surface area contributed by atoms with E-state index in [0.717, 1.165) is 44.9 Å². The van der Waals surface area contributed by atoms with Crippen LogP contribution in [0.2, 0.25) is 0 Å². The lowest BCUT2D eigenvalue weighted by Crippen LogP contribution is -2.45. The third-order valence-corrected chi connectivity index (χ3v) is 9.95. The summed E-state index contributed by atoms with van der Waals surface area (Å²) in [6, 6.07) is -0.646. The second-order valence-corrected chi connectivity index (χ2v) is 15.1. The Morgan fingerprint density at radius 3 is 1.23 bits per heavy atom. The van der Waals surface area contributed by atoms with Gasteiger partial charge in [0.1, 0.15) is 0 Å². The van der Waals surface area contributed by atoms with Crippen molar-refractivity contribution in [1.29, 1.82) is 0 Å². The van der Waals surface area contributed by atoms with Crippen LogP contribution in [0.15, 0.2) is 60.8 Å². The van der Waals surface area contributed by atoms with Crippen molar-refractivity contribution in [2.75, 3.05) is 6.61 Å². The molecular weight excluding hydrogens is 639 g/mol. The number of nitrogens with one attached hydrogen (secondary N) is 1. The molecule has 0 aliphatic carbocycles. The minimum atomic E-state index is -0.871. The summed E-state index contributed by atoms with van der Waals surface area (Å²) in [5.41, 5.74) is 0. The molecule has 2 unspecified atom stereocenters. The summed E-state index contributed by atoms with van der Waals surface area (Å²) >= 11 is 0. The Balaban J connectivity index is 3.59. The summed E-state index contributed by atoms with van der Waals surface area (Å²) in [6.07, 6.45) is 60.4. The van der Waals surface area contributed by atoms with E-state index < -0.39 is 12.1 Å². The van der Waals surface area contributed by atoms with E-state index >= 15 is 0 Å². The Morgan fingerprint density at radius 1 is 0.462 bits per heavy atom. The largest absolute Gasteiger partial charge is 0.394 e. The first-order valence-corrected chi connectivity index (χ1v) is 22.5. The highest BCUT2D eigenvalue weighted by atomic mass is 16.3. The van der Waals surface area contributed by atoms with Crippen LogP contribution in [-0.2, 0) is 4.79 Å². The minimum Gasteiger partial charge on any atom is -0.394 e. The van der Waals surface area contributed by atoms with E-state index in [0.29, 0.717) is 6.42 Å². The standard InChI is InChI=1S/C48H87NO3/c1-3-5-7-9-11-13-15-17-19-20-21-22-23-24-25-26-27-28-30-32-34-36-38-40-42-44-48(52)49-46(45-50)47(51)43-41-39-37-35-33-31-29-18-16-14-12-10-8-6-4-2/h15-18,20-21,33,35,41,43,46-47,50-51H,3-14,19,22-32,34,36-40,42,44-45H2,1-2H3,(H,49,52)/b17-15-,18-16+,21-20-,35-33+,43-41+. The number of aliphatic hydroxyl groups is 2. The second-order valence-electron chi connectivity index (χ2n) is 15.1. The molecule has 4 heteroatoms. The van der Waals surface area contributed by atoms with Crippen LogP contribution in [-0.4, -0.2) is 34.9 Å². The maximum Gasteiger partial charge on any atom is 0.220 e. The monoisotopic (exact) mass is 726 g/mol. The molecule has 0 saturated carbocycles. The van der Waals surface area contributed by atoms with Crippen molar-refractivity contribution in [1.82, 2.24) is 5.32 Å². The van der Waals surface area contributed by atoms with Crippen molar-refractivity contribution >= 4 is 5.91 Å². The van der Waals surface area contributed by atoms with Gasteiger partial charge in [-0.05, 0) is 77.0 Å². The Morgan fingerprint density at radius 2 is 0.808 bits per heavy atom. The fraction of sp³-hybridized carbons (Fsp3) is 0.771. The molecule has 3 N–H and O–H groups in total. The van der Waals surface area contributed by atoms with Crippen molar-refractivity contribution in [3.63, 3.8) is 0 Å². The zero-order chi connectivity index (χ0) is 37.8. The maximum absolute atomic E-state index is 12.4. The predicted octanol–water partition coefficient (Wildman–Crippen LogP) is 14.1. The highest BCUT2D eigenvalue weighted by Crippen LogP contribution is 2.14. The summed E-state index contributed by atoms with van der Waals surface area (Å²) in [6.45, 7) is 4.26. The molecule has 0 aromatic rings. The van der Waals surface area contributed by atoms with Gasteiger partial charge in [-0.1, -0.05) is 197 Å². The number of aliphatic hydroxyl groups excluding tert-OH is 2. The molecule has 0 aromatic heterocycles. The Kier molecular flexibility index (Phi) is 41.9. The molecule has 52 heavy (non-hydrogen) atoms. The van der Waals surface area contributed by atoms with E-state index in [1.165, 1.54) is 154 Å².